The van der Waals surface area contributed by atoms with Crippen molar-refractivity contribution in [1.29, 1.82) is 0 Å². The number of imide groups is 2. The van der Waals surface area contributed by atoms with Gasteiger partial charge in [0.2, 0.25) is 11.8 Å². The number of hydrogen-bond acceptors (Lipinski definition) is 8. The number of nitrogens with zero attached hydrogens (tertiary/aromatic N) is 3. The number of non-ortho nitro benzene ring substituents is 1. The molecule has 38 heavy (non-hydrogen) atoms. The van der Waals surface area contributed by atoms with Crippen LogP contribution in [-0.4, -0.2) is 61.0 Å². The summed E-state index contributed by atoms with van der Waals surface area (Å²) in [4.78, 5) is 54.8. The van der Waals surface area contributed by atoms with E-state index in [4.69, 9.17) is 9.47 Å². The third kappa shape index (κ3) is 4.02. The van der Waals surface area contributed by atoms with E-state index in [0.717, 1.165) is 22.6 Å². The third-order valence-electron chi connectivity index (χ3n) is 8.06. The molecule has 2 aromatic rings. The Labute approximate surface area is 219 Å². The van der Waals surface area contributed by atoms with Crippen LogP contribution in [0, 0.1) is 21.4 Å². The fourth-order valence-electron chi connectivity index (χ4n) is 6.06. The fraction of sp³-hybridized carbons (Fsp3) is 0.444. The lowest BCUT2D eigenvalue weighted by atomic mass is 9.65. The summed E-state index contributed by atoms with van der Waals surface area (Å²) in [5, 5.41) is 13.9. The third-order valence-corrected chi connectivity index (χ3v) is 8.06. The Morgan fingerprint density at radius 2 is 1.87 bits per heavy atom. The lowest BCUT2D eigenvalue weighted by molar-refractivity contribution is -0.384. The van der Waals surface area contributed by atoms with Crippen LogP contribution < -0.4 is 19.7 Å². The van der Waals surface area contributed by atoms with E-state index in [1.807, 2.05) is 11.0 Å². The molecule has 0 bridgehead atoms. The number of urea groups is 1. The Bertz CT molecular complexity index is 1330. The largest absolute Gasteiger partial charge is 0.493 e. The molecule has 0 unspecified atom stereocenters. The van der Waals surface area contributed by atoms with Gasteiger partial charge in [-0.3, -0.25) is 29.9 Å². The van der Waals surface area contributed by atoms with Gasteiger partial charge in [-0.05, 0) is 54.5 Å². The molecule has 0 saturated carbocycles. The van der Waals surface area contributed by atoms with Crippen molar-refractivity contribution >= 4 is 29.2 Å². The van der Waals surface area contributed by atoms with E-state index in [-0.39, 0.29) is 24.6 Å². The zero-order valence-electron chi connectivity index (χ0n) is 21.6. The molecule has 4 amide bonds. The number of benzene rings is 2. The average Bonchev–Trinajstić information content (AvgIpc) is 2.91. The number of ether oxygens (including phenoxy) is 2. The Morgan fingerprint density at radius 1 is 1.11 bits per heavy atom. The number of nitro benzene ring substituents is 1. The minimum atomic E-state index is -1.57. The number of piperidine rings is 1. The lowest BCUT2D eigenvalue weighted by Crippen LogP contribution is -2.73. The van der Waals surface area contributed by atoms with Gasteiger partial charge < -0.3 is 14.4 Å². The minimum Gasteiger partial charge on any atom is -0.493 e. The minimum absolute atomic E-state index is 0.0112. The molecule has 2 fully saturated rings. The number of nitro groups is 1. The number of methoxy groups -OCH3 is 2. The molecular formula is C27H30N4O7. The first-order chi connectivity index (χ1) is 18.2. The molecule has 1 N–H and O–H groups in total. The Hall–Kier alpha value is -4.15. The Morgan fingerprint density at radius 3 is 2.58 bits per heavy atom. The summed E-state index contributed by atoms with van der Waals surface area (Å²) in [5.74, 6) is 0.160. The van der Waals surface area contributed by atoms with Crippen molar-refractivity contribution in [3.8, 4) is 11.5 Å². The highest BCUT2D eigenvalue weighted by Crippen LogP contribution is 2.49. The van der Waals surface area contributed by atoms with E-state index < -0.39 is 34.2 Å². The zero-order valence-corrected chi connectivity index (χ0v) is 21.6. The first kappa shape index (κ1) is 25.5. The van der Waals surface area contributed by atoms with Gasteiger partial charge in [0.25, 0.3) is 5.69 Å². The summed E-state index contributed by atoms with van der Waals surface area (Å²) < 4.78 is 10.6. The fourth-order valence-corrected chi connectivity index (χ4v) is 6.06. The summed E-state index contributed by atoms with van der Waals surface area (Å²) in [6.07, 6.45) is 1.79. The van der Waals surface area contributed by atoms with E-state index in [9.17, 15) is 24.5 Å². The molecule has 0 radical (unpaired) electrons. The quantitative estimate of drug-likeness (QED) is 0.348. The maximum absolute atomic E-state index is 14.2. The molecular weight excluding hydrogens is 492 g/mol. The number of carbonyl (C=O) groups is 3. The van der Waals surface area contributed by atoms with Crippen molar-refractivity contribution in [2.45, 2.75) is 38.6 Å². The predicted octanol–water partition coefficient (Wildman–Crippen LogP) is 3.08. The maximum atomic E-state index is 14.2. The van der Waals surface area contributed by atoms with Crippen molar-refractivity contribution in [2.24, 2.45) is 11.3 Å². The number of barbiturate groups is 1. The molecule has 3 aliphatic heterocycles. The summed E-state index contributed by atoms with van der Waals surface area (Å²) in [5.41, 5.74) is 0.511. The van der Waals surface area contributed by atoms with Crippen LogP contribution in [0.15, 0.2) is 36.4 Å². The molecule has 1 spiro atoms. The van der Waals surface area contributed by atoms with E-state index in [1.54, 1.807) is 18.2 Å². The maximum Gasteiger partial charge on any atom is 0.330 e. The van der Waals surface area contributed by atoms with Gasteiger partial charge in [0, 0.05) is 37.3 Å². The second kappa shape index (κ2) is 9.62. The number of amides is 4. The SMILES string of the molecule is COc1ccc(CCN2C(=O)NC(=O)[C@]3(Cc4cc([N+](=O)[O-])ccc4N4CC[C@@H](C)C[C@@H]43)C2=O)cc1OC. The van der Waals surface area contributed by atoms with Gasteiger partial charge in [-0.2, -0.15) is 0 Å². The van der Waals surface area contributed by atoms with Crippen molar-refractivity contribution < 1.29 is 28.8 Å². The molecule has 0 aliphatic carbocycles. The molecule has 5 rings (SSSR count). The van der Waals surface area contributed by atoms with Crippen LogP contribution in [0.1, 0.15) is 30.9 Å². The van der Waals surface area contributed by atoms with Gasteiger partial charge in [0.05, 0.1) is 25.2 Å². The smallest absolute Gasteiger partial charge is 0.330 e. The molecule has 2 aromatic carbocycles. The van der Waals surface area contributed by atoms with E-state index in [0.29, 0.717) is 36.4 Å². The van der Waals surface area contributed by atoms with E-state index in [2.05, 4.69) is 12.2 Å². The summed E-state index contributed by atoms with van der Waals surface area (Å²) in [6.45, 7) is 2.75. The zero-order chi connectivity index (χ0) is 27.2. The number of carbonyl (C=O) groups excluding carboxylic acids is 3. The topological polar surface area (TPSA) is 131 Å². The normalized spacial score (nSPS) is 24.6. The molecule has 0 aromatic heterocycles. The monoisotopic (exact) mass is 522 g/mol. The van der Waals surface area contributed by atoms with Gasteiger partial charge in [-0.25, -0.2) is 4.79 Å². The Kier molecular flexibility index (Phi) is 6.46. The van der Waals surface area contributed by atoms with Crippen molar-refractivity contribution in [2.75, 3.05) is 32.2 Å². The van der Waals surface area contributed by atoms with Crippen LogP contribution >= 0.6 is 0 Å². The van der Waals surface area contributed by atoms with Crippen LogP contribution in [-0.2, 0) is 22.4 Å². The number of anilines is 1. The first-order valence-electron chi connectivity index (χ1n) is 12.6. The number of nitrogens with one attached hydrogen (secondary N) is 1. The molecule has 200 valence electrons. The van der Waals surface area contributed by atoms with Crippen LogP contribution in [0.4, 0.5) is 16.2 Å². The molecule has 3 atom stereocenters. The average molecular weight is 523 g/mol. The van der Waals surface area contributed by atoms with Gasteiger partial charge >= 0.3 is 6.03 Å². The van der Waals surface area contributed by atoms with Crippen LogP contribution in [0.3, 0.4) is 0 Å². The van der Waals surface area contributed by atoms with Crippen molar-refractivity contribution in [3.63, 3.8) is 0 Å². The summed E-state index contributed by atoms with van der Waals surface area (Å²) >= 11 is 0. The molecule has 11 heteroatoms. The predicted molar refractivity (Wildman–Crippen MR) is 137 cm³/mol. The number of rotatable bonds is 6. The highest BCUT2D eigenvalue weighted by Gasteiger charge is 2.62. The second-order valence-electron chi connectivity index (χ2n) is 10.2. The van der Waals surface area contributed by atoms with E-state index >= 15 is 0 Å². The van der Waals surface area contributed by atoms with Gasteiger partial charge in [-0.1, -0.05) is 13.0 Å². The Balaban J connectivity index is 1.51. The molecule has 3 heterocycles. The second-order valence-corrected chi connectivity index (χ2v) is 10.2. The molecule has 2 saturated heterocycles. The van der Waals surface area contributed by atoms with Gasteiger partial charge in [-0.15, -0.1) is 0 Å². The highest BCUT2D eigenvalue weighted by atomic mass is 16.6. The first-order valence-corrected chi connectivity index (χ1v) is 12.6. The molecule has 3 aliphatic rings. The summed E-state index contributed by atoms with van der Waals surface area (Å²) in [7, 11) is 3.07. The van der Waals surface area contributed by atoms with Gasteiger partial charge in [0.15, 0.2) is 16.9 Å². The van der Waals surface area contributed by atoms with Gasteiger partial charge in [0.1, 0.15) is 0 Å². The van der Waals surface area contributed by atoms with Crippen LogP contribution in [0.2, 0.25) is 0 Å². The number of hydrogen-bond donors (Lipinski definition) is 1. The highest BCUT2D eigenvalue weighted by molar-refractivity contribution is 6.20. The summed E-state index contributed by atoms with van der Waals surface area (Å²) in [6, 6.07) is 8.74. The number of fused-ring (bicyclic) bond motifs is 4. The standard InChI is InChI=1S/C27H30N4O7/c1-16-8-10-29-20-6-5-19(31(35)36)14-18(20)15-27(23(29)12-16)24(32)28-26(34)30(25(27)33)11-9-17-4-7-21(37-2)22(13-17)38-3/h4-7,13-14,16,23H,8-12,15H2,1-3H3,(H,28,32,34)/t16-,23-,27-/m1/s1. The van der Waals surface area contributed by atoms with Crippen LogP contribution in [0.25, 0.3) is 0 Å². The lowest BCUT2D eigenvalue weighted by Gasteiger charge is -2.54. The van der Waals surface area contributed by atoms with Crippen molar-refractivity contribution in [1.82, 2.24) is 10.2 Å². The van der Waals surface area contributed by atoms with Crippen molar-refractivity contribution in [3.05, 3.63) is 57.6 Å². The van der Waals surface area contributed by atoms with Crippen LogP contribution in [0.5, 0.6) is 11.5 Å². The van der Waals surface area contributed by atoms with E-state index in [1.165, 1.54) is 26.4 Å². The molecule has 11 nitrogen and oxygen atoms in total.